The zero-order valence-corrected chi connectivity index (χ0v) is 6.19. The van der Waals surface area contributed by atoms with Crippen molar-refractivity contribution in [3.05, 3.63) is 10.1 Å². The summed E-state index contributed by atoms with van der Waals surface area (Å²) in [6.07, 6.45) is 0. The maximum absolute atomic E-state index is 10.7. The fraction of sp³-hybridized carbons (Fsp3) is 0.800. The van der Waals surface area contributed by atoms with E-state index in [1.807, 2.05) is 0 Å². The Balaban J connectivity index is 2.47. The summed E-state index contributed by atoms with van der Waals surface area (Å²) >= 11 is 0. The second-order valence-corrected chi connectivity index (χ2v) is 2.39. The molecule has 1 heterocycles. The normalized spacial score (nSPS) is 17.2. The van der Waals surface area contributed by atoms with E-state index >= 15 is 0 Å². The molecule has 11 heavy (non-hydrogen) atoms. The van der Waals surface area contributed by atoms with Crippen molar-refractivity contribution in [1.82, 2.24) is 9.91 Å². The van der Waals surface area contributed by atoms with Crippen LogP contribution in [0.1, 0.15) is 6.92 Å². The fourth-order valence-electron chi connectivity index (χ4n) is 0.965. The molecule has 0 aliphatic carbocycles. The Morgan fingerprint density at radius 2 is 2.18 bits per heavy atom. The summed E-state index contributed by atoms with van der Waals surface area (Å²) in [5.41, 5.74) is 0. The van der Waals surface area contributed by atoms with Gasteiger partial charge < -0.3 is 4.90 Å². The summed E-state index contributed by atoms with van der Waals surface area (Å²) in [6.45, 7) is 2.30. The van der Waals surface area contributed by atoms with E-state index in [0.29, 0.717) is 13.1 Å². The molecule has 1 aliphatic rings. The summed E-state index contributed by atoms with van der Waals surface area (Å²) in [5.74, 6) is -0.116. The van der Waals surface area contributed by atoms with Gasteiger partial charge in [0.25, 0.3) is 0 Å². The number of rotatable bonds is 1. The van der Waals surface area contributed by atoms with Gasteiger partial charge >= 0.3 is 0 Å². The third-order valence-electron chi connectivity index (χ3n) is 1.64. The molecule has 0 bridgehead atoms. The molecule has 0 N–H and O–H groups in total. The lowest BCUT2D eigenvalue weighted by molar-refractivity contribution is -0.652. The van der Waals surface area contributed by atoms with Crippen molar-refractivity contribution < 1.29 is 9.83 Å². The maximum Gasteiger partial charge on any atom is 0.221 e. The molecular formula is C5H9N3O3. The molecular weight excluding hydrogens is 150 g/mol. The molecule has 0 spiro atoms. The van der Waals surface area contributed by atoms with Crippen molar-refractivity contribution in [2.45, 2.75) is 6.92 Å². The minimum atomic E-state index is -0.483. The number of hydrazine groups is 1. The van der Waals surface area contributed by atoms with Gasteiger partial charge in [-0.3, -0.25) is 4.79 Å². The van der Waals surface area contributed by atoms with E-state index < -0.39 is 5.03 Å². The molecule has 1 saturated heterocycles. The highest BCUT2D eigenvalue weighted by Crippen LogP contribution is 2.03. The van der Waals surface area contributed by atoms with E-state index in [1.165, 1.54) is 11.8 Å². The van der Waals surface area contributed by atoms with Crippen molar-refractivity contribution in [2.75, 3.05) is 19.8 Å². The first-order chi connectivity index (χ1) is 5.11. The number of carbonyl (C=O) groups excluding carboxylic acids is 1. The monoisotopic (exact) mass is 159 g/mol. The smallest absolute Gasteiger partial charge is 0.221 e. The Kier molecular flexibility index (Phi) is 1.93. The van der Waals surface area contributed by atoms with Crippen LogP contribution in [0.15, 0.2) is 0 Å². The quantitative estimate of drug-likeness (QED) is 0.375. The molecule has 0 saturated carbocycles. The number of hydrogen-bond donors (Lipinski definition) is 0. The Morgan fingerprint density at radius 3 is 2.45 bits per heavy atom. The summed E-state index contributed by atoms with van der Waals surface area (Å²) in [5, 5.41) is 10.7. The molecule has 1 aliphatic heterocycles. The summed E-state index contributed by atoms with van der Waals surface area (Å²) in [6, 6.07) is 0. The average molecular weight is 159 g/mol. The van der Waals surface area contributed by atoms with Crippen LogP contribution in [0.2, 0.25) is 0 Å². The molecule has 0 radical (unpaired) electrons. The second kappa shape index (κ2) is 2.73. The van der Waals surface area contributed by atoms with Gasteiger partial charge in [-0.15, -0.1) is 5.01 Å². The lowest BCUT2D eigenvalue weighted by Gasteiger charge is -2.10. The van der Waals surface area contributed by atoms with Gasteiger partial charge in [0.05, 0.1) is 6.54 Å². The van der Waals surface area contributed by atoms with Crippen molar-refractivity contribution in [2.24, 2.45) is 0 Å². The number of nitro groups is 1. The highest BCUT2D eigenvalue weighted by Gasteiger charge is 2.27. The van der Waals surface area contributed by atoms with Gasteiger partial charge in [0.1, 0.15) is 0 Å². The molecule has 0 aromatic rings. The Bertz CT molecular complexity index is 173. The molecule has 0 aromatic carbocycles. The van der Waals surface area contributed by atoms with Crippen molar-refractivity contribution in [3.8, 4) is 0 Å². The van der Waals surface area contributed by atoms with Crippen molar-refractivity contribution >= 4 is 5.91 Å². The Hall–Kier alpha value is -1.33. The number of carbonyl (C=O) groups is 1. The SMILES string of the molecule is CC(=O)N1CCN([N+](=O)[O-])C1. The number of hydrogen-bond acceptors (Lipinski definition) is 3. The van der Waals surface area contributed by atoms with E-state index in [-0.39, 0.29) is 12.6 Å². The van der Waals surface area contributed by atoms with Gasteiger partial charge in [0, 0.05) is 13.5 Å². The van der Waals surface area contributed by atoms with Crippen LogP contribution in [0.3, 0.4) is 0 Å². The standard InChI is InChI=1S/C5H9N3O3/c1-5(9)6-2-3-7(4-6)8(10)11/h2-4H2,1H3. The van der Waals surface area contributed by atoms with Gasteiger partial charge in [0.2, 0.25) is 5.91 Å². The molecule has 0 aromatic heterocycles. The van der Waals surface area contributed by atoms with Gasteiger partial charge in [-0.05, 0) is 0 Å². The first-order valence-corrected chi connectivity index (χ1v) is 3.26. The largest absolute Gasteiger partial charge is 0.318 e. The Morgan fingerprint density at radius 1 is 1.55 bits per heavy atom. The van der Waals surface area contributed by atoms with Crippen LogP contribution in [0.4, 0.5) is 0 Å². The van der Waals surface area contributed by atoms with E-state index in [4.69, 9.17) is 0 Å². The second-order valence-electron chi connectivity index (χ2n) is 2.39. The Labute approximate surface area is 63.5 Å². The highest BCUT2D eigenvalue weighted by molar-refractivity contribution is 5.73. The minimum Gasteiger partial charge on any atom is -0.318 e. The van der Waals surface area contributed by atoms with Gasteiger partial charge in [0.15, 0.2) is 11.7 Å². The molecule has 1 fully saturated rings. The number of nitrogens with zero attached hydrogens (tertiary/aromatic N) is 3. The highest BCUT2D eigenvalue weighted by atomic mass is 16.7. The number of amides is 1. The molecule has 1 rings (SSSR count). The van der Waals surface area contributed by atoms with E-state index in [2.05, 4.69) is 0 Å². The third-order valence-corrected chi connectivity index (χ3v) is 1.64. The summed E-state index contributed by atoms with van der Waals surface area (Å²) < 4.78 is 0. The first kappa shape index (κ1) is 7.77. The third kappa shape index (κ3) is 1.57. The van der Waals surface area contributed by atoms with E-state index in [9.17, 15) is 14.9 Å². The first-order valence-electron chi connectivity index (χ1n) is 3.26. The van der Waals surface area contributed by atoms with Crippen LogP contribution >= 0.6 is 0 Å². The summed E-state index contributed by atoms with van der Waals surface area (Å²) in [4.78, 5) is 22.3. The predicted molar refractivity (Wildman–Crippen MR) is 36.0 cm³/mol. The van der Waals surface area contributed by atoms with Gasteiger partial charge in [-0.25, -0.2) is 10.1 Å². The lowest BCUT2D eigenvalue weighted by Crippen LogP contribution is -2.32. The van der Waals surface area contributed by atoms with Gasteiger partial charge in [-0.1, -0.05) is 0 Å². The molecule has 62 valence electrons. The zero-order chi connectivity index (χ0) is 8.43. The molecule has 6 nitrogen and oxygen atoms in total. The predicted octanol–water partition coefficient (Wildman–Crippen LogP) is -0.700. The van der Waals surface area contributed by atoms with Crippen molar-refractivity contribution in [1.29, 1.82) is 0 Å². The maximum atomic E-state index is 10.7. The topological polar surface area (TPSA) is 66.7 Å². The van der Waals surface area contributed by atoms with E-state index in [1.54, 1.807) is 0 Å². The molecule has 0 atom stereocenters. The molecule has 0 unspecified atom stereocenters. The molecule has 1 amide bonds. The fourth-order valence-corrected chi connectivity index (χ4v) is 0.965. The molecule has 6 heteroatoms. The van der Waals surface area contributed by atoms with E-state index in [0.717, 1.165) is 5.01 Å². The summed E-state index contributed by atoms with van der Waals surface area (Å²) in [7, 11) is 0. The average Bonchev–Trinajstić information content (AvgIpc) is 2.33. The van der Waals surface area contributed by atoms with Gasteiger partial charge in [-0.2, -0.15) is 0 Å². The minimum absolute atomic E-state index is 0.113. The van der Waals surface area contributed by atoms with Crippen LogP contribution in [-0.2, 0) is 4.79 Å². The van der Waals surface area contributed by atoms with Crippen LogP contribution in [0, 0.1) is 10.1 Å². The lowest BCUT2D eigenvalue weighted by atomic mass is 10.5. The van der Waals surface area contributed by atoms with Crippen LogP contribution in [0.5, 0.6) is 0 Å². The van der Waals surface area contributed by atoms with Crippen LogP contribution in [0.25, 0.3) is 0 Å². The zero-order valence-electron chi connectivity index (χ0n) is 6.19. The van der Waals surface area contributed by atoms with Crippen LogP contribution in [-0.4, -0.2) is 40.6 Å². The van der Waals surface area contributed by atoms with Crippen LogP contribution < -0.4 is 0 Å². The van der Waals surface area contributed by atoms with Crippen molar-refractivity contribution in [3.63, 3.8) is 0 Å².